The van der Waals surface area contributed by atoms with Gasteiger partial charge in [-0.1, -0.05) is 18.2 Å². The summed E-state index contributed by atoms with van der Waals surface area (Å²) >= 11 is 0. The summed E-state index contributed by atoms with van der Waals surface area (Å²) in [6, 6.07) is 12.5. The molecule has 21 heavy (non-hydrogen) atoms. The van der Waals surface area contributed by atoms with Gasteiger partial charge in [0.15, 0.2) is 0 Å². The number of anilines is 1. The molecule has 1 N–H and O–H groups in total. The Labute approximate surface area is 124 Å². The van der Waals surface area contributed by atoms with Gasteiger partial charge in [-0.15, -0.1) is 0 Å². The molecular weight excluding hydrogens is 258 g/mol. The van der Waals surface area contributed by atoms with E-state index in [0.717, 1.165) is 29.2 Å². The van der Waals surface area contributed by atoms with Crippen LogP contribution in [0.25, 0.3) is 22.0 Å². The molecule has 1 aromatic carbocycles. The zero-order valence-electron chi connectivity index (χ0n) is 11.8. The topological polar surface area (TPSA) is 37.8 Å². The summed E-state index contributed by atoms with van der Waals surface area (Å²) in [6.07, 6.45) is 8.36. The van der Waals surface area contributed by atoms with E-state index in [4.69, 9.17) is 0 Å². The van der Waals surface area contributed by atoms with E-state index < -0.39 is 0 Å². The maximum Gasteiger partial charge on any atom is 0.0708 e. The molecule has 104 valence electrons. The van der Waals surface area contributed by atoms with Crippen molar-refractivity contribution in [3.8, 4) is 11.1 Å². The number of benzene rings is 1. The van der Waals surface area contributed by atoms with Crippen LogP contribution >= 0.6 is 0 Å². The Morgan fingerprint density at radius 2 is 2.05 bits per heavy atom. The van der Waals surface area contributed by atoms with Crippen LogP contribution < -0.4 is 5.32 Å². The van der Waals surface area contributed by atoms with Gasteiger partial charge in [0.25, 0.3) is 0 Å². The lowest BCUT2D eigenvalue weighted by molar-refractivity contribution is 0.888. The fourth-order valence-corrected chi connectivity index (χ4v) is 2.62. The van der Waals surface area contributed by atoms with Crippen LogP contribution in [0.4, 0.5) is 5.69 Å². The van der Waals surface area contributed by atoms with Crippen LogP contribution in [0, 0.1) is 5.92 Å². The number of rotatable bonds is 4. The van der Waals surface area contributed by atoms with Gasteiger partial charge in [0.2, 0.25) is 0 Å². The first-order valence-corrected chi connectivity index (χ1v) is 7.43. The number of hydrogen-bond acceptors (Lipinski definition) is 3. The number of hydrogen-bond donors (Lipinski definition) is 1. The SMILES string of the molecule is c1cc(-c2cncc(NCC3CC3)c2)c2cccnc2c1. The van der Waals surface area contributed by atoms with Crippen molar-refractivity contribution < 1.29 is 0 Å². The standard InChI is InChI=1S/C18H17N3/c1-3-16(17-4-2-8-20-18(17)5-1)14-9-15(12-19-11-14)21-10-13-6-7-13/h1-5,8-9,11-13,21H,6-7,10H2. The molecule has 1 aliphatic carbocycles. The van der Waals surface area contributed by atoms with Crippen LogP contribution in [-0.2, 0) is 0 Å². The van der Waals surface area contributed by atoms with Crippen LogP contribution in [-0.4, -0.2) is 16.5 Å². The molecule has 0 aliphatic heterocycles. The van der Waals surface area contributed by atoms with E-state index in [0.29, 0.717) is 0 Å². The number of fused-ring (bicyclic) bond motifs is 1. The fourth-order valence-electron chi connectivity index (χ4n) is 2.62. The van der Waals surface area contributed by atoms with E-state index in [1.165, 1.54) is 23.8 Å². The highest BCUT2D eigenvalue weighted by molar-refractivity contribution is 5.94. The van der Waals surface area contributed by atoms with E-state index in [1.54, 1.807) is 0 Å². The van der Waals surface area contributed by atoms with Gasteiger partial charge in [-0.2, -0.15) is 0 Å². The van der Waals surface area contributed by atoms with E-state index >= 15 is 0 Å². The summed E-state index contributed by atoms with van der Waals surface area (Å²) < 4.78 is 0. The van der Waals surface area contributed by atoms with E-state index in [1.807, 2.05) is 30.7 Å². The van der Waals surface area contributed by atoms with Crippen molar-refractivity contribution in [2.75, 3.05) is 11.9 Å². The molecule has 0 unspecified atom stereocenters. The molecule has 0 bridgehead atoms. The average molecular weight is 275 g/mol. The Hall–Kier alpha value is -2.42. The van der Waals surface area contributed by atoms with Crippen molar-refractivity contribution in [1.29, 1.82) is 0 Å². The predicted octanol–water partition coefficient (Wildman–Crippen LogP) is 4.12. The summed E-state index contributed by atoms with van der Waals surface area (Å²) in [6.45, 7) is 1.06. The third kappa shape index (κ3) is 2.59. The van der Waals surface area contributed by atoms with Crippen molar-refractivity contribution >= 4 is 16.6 Å². The first-order chi connectivity index (χ1) is 10.4. The van der Waals surface area contributed by atoms with Crippen LogP contribution in [0.3, 0.4) is 0 Å². The molecule has 1 fully saturated rings. The zero-order chi connectivity index (χ0) is 14.1. The number of nitrogens with one attached hydrogen (secondary N) is 1. The molecule has 3 heteroatoms. The highest BCUT2D eigenvalue weighted by Gasteiger charge is 2.20. The Balaban J connectivity index is 1.72. The molecule has 3 aromatic rings. The Morgan fingerprint density at radius 1 is 1.10 bits per heavy atom. The van der Waals surface area contributed by atoms with Gasteiger partial charge in [0, 0.05) is 36.1 Å². The van der Waals surface area contributed by atoms with Crippen LogP contribution in [0.1, 0.15) is 12.8 Å². The van der Waals surface area contributed by atoms with Crippen molar-refractivity contribution in [3.05, 3.63) is 55.0 Å². The molecule has 3 nitrogen and oxygen atoms in total. The van der Waals surface area contributed by atoms with E-state index in [2.05, 4.69) is 39.6 Å². The second kappa shape index (κ2) is 5.17. The summed E-state index contributed by atoms with van der Waals surface area (Å²) in [5, 5.41) is 4.65. The minimum Gasteiger partial charge on any atom is -0.384 e. The second-order valence-electron chi connectivity index (χ2n) is 5.66. The third-order valence-electron chi connectivity index (χ3n) is 3.99. The second-order valence-corrected chi connectivity index (χ2v) is 5.66. The molecule has 0 saturated heterocycles. The van der Waals surface area contributed by atoms with Gasteiger partial charge in [0.1, 0.15) is 0 Å². The Kier molecular flexibility index (Phi) is 3.03. The van der Waals surface area contributed by atoms with Crippen molar-refractivity contribution in [2.45, 2.75) is 12.8 Å². The summed E-state index contributed by atoms with van der Waals surface area (Å²) in [4.78, 5) is 8.80. The quantitative estimate of drug-likeness (QED) is 0.778. The Morgan fingerprint density at radius 3 is 2.95 bits per heavy atom. The minimum atomic E-state index is 0.857. The summed E-state index contributed by atoms with van der Waals surface area (Å²) in [5.74, 6) is 0.857. The van der Waals surface area contributed by atoms with Crippen LogP contribution in [0.5, 0.6) is 0 Å². The van der Waals surface area contributed by atoms with E-state index in [9.17, 15) is 0 Å². The molecule has 0 spiro atoms. The number of aromatic nitrogens is 2. The molecule has 1 saturated carbocycles. The highest BCUT2D eigenvalue weighted by Crippen LogP contribution is 2.31. The Bertz CT molecular complexity index is 773. The smallest absolute Gasteiger partial charge is 0.0708 e. The van der Waals surface area contributed by atoms with Gasteiger partial charge in [-0.25, -0.2) is 0 Å². The van der Waals surface area contributed by atoms with Gasteiger partial charge < -0.3 is 5.32 Å². The maximum atomic E-state index is 4.42. The third-order valence-corrected chi connectivity index (χ3v) is 3.99. The van der Waals surface area contributed by atoms with Gasteiger partial charge in [-0.3, -0.25) is 9.97 Å². The molecule has 0 radical (unpaired) electrons. The predicted molar refractivity (Wildman–Crippen MR) is 86.2 cm³/mol. The fraction of sp³-hybridized carbons (Fsp3) is 0.222. The van der Waals surface area contributed by atoms with Crippen LogP contribution in [0.15, 0.2) is 55.0 Å². The lowest BCUT2D eigenvalue weighted by atomic mass is 10.0. The van der Waals surface area contributed by atoms with Gasteiger partial charge >= 0.3 is 0 Å². The molecule has 1 aliphatic rings. The molecule has 2 heterocycles. The normalized spacial score (nSPS) is 14.3. The maximum absolute atomic E-state index is 4.42. The van der Waals surface area contributed by atoms with Crippen LogP contribution in [0.2, 0.25) is 0 Å². The number of nitrogens with zero attached hydrogens (tertiary/aromatic N) is 2. The highest BCUT2D eigenvalue weighted by atomic mass is 14.9. The largest absolute Gasteiger partial charge is 0.384 e. The lowest BCUT2D eigenvalue weighted by Crippen LogP contribution is -2.03. The van der Waals surface area contributed by atoms with Gasteiger partial charge in [0.05, 0.1) is 11.2 Å². The summed E-state index contributed by atoms with van der Waals surface area (Å²) in [5.41, 5.74) is 4.43. The molecule has 4 rings (SSSR count). The van der Waals surface area contributed by atoms with Gasteiger partial charge in [-0.05, 0) is 42.5 Å². The van der Waals surface area contributed by atoms with E-state index in [-0.39, 0.29) is 0 Å². The first kappa shape index (κ1) is 12.3. The monoisotopic (exact) mass is 275 g/mol. The zero-order valence-corrected chi connectivity index (χ0v) is 11.8. The van der Waals surface area contributed by atoms with Crippen molar-refractivity contribution in [1.82, 2.24) is 9.97 Å². The molecule has 0 amide bonds. The van der Waals surface area contributed by atoms with Crippen molar-refractivity contribution in [2.24, 2.45) is 5.92 Å². The number of pyridine rings is 2. The van der Waals surface area contributed by atoms with Crippen molar-refractivity contribution in [3.63, 3.8) is 0 Å². The molecular formula is C18H17N3. The lowest BCUT2D eigenvalue weighted by Gasteiger charge is -2.09. The first-order valence-electron chi connectivity index (χ1n) is 7.43. The molecule has 2 aromatic heterocycles. The average Bonchev–Trinajstić information content (AvgIpc) is 3.37. The minimum absolute atomic E-state index is 0.857. The molecule has 0 atom stereocenters. The summed E-state index contributed by atoms with van der Waals surface area (Å²) in [7, 11) is 0.